The lowest BCUT2D eigenvalue weighted by Crippen LogP contribution is -2.60. The number of anilines is 1. The van der Waals surface area contributed by atoms with Crippen molar-refractivity contribution in [2.75, 3.05) is 11.9 Å². The van der Waals surface area contributed by atoms with Crippen LogP contribution in [-0.4, -0.2) is 50.4 Å². The molecule has 6 rings (SSSR count). The van der Waals surface area contributed by atoms with Crippen LogP contribution >= 0.6 is 39.1 Å². The van der Waals surface area contributed by atoms with Crippen LogP contribution in [-0.2, 0) is 19.2 Å². The first-order valence-corrected chi connectivity index (χ1v) is 13.9. The Kier molecular flexibility index (Phi) is 6.39. The van der Waals surface area contributed by atoms with Gasteiger partial charge in [-0.05, 0) is 37.0 Å². The van der Waals surface area contributed by atoms with E-state index in [1.165, 1.54) is 25.2 Å². The molecule has 4 aliphatic rings. The van der Waals surface area contributed by atoms with E-state index in [0.717, 1.165) is 4.90 Å². The smallest absolute Gasteiger partial charge is 0.258 e. The molecular weight excluding hydrogens is 678 g/mol. The molecule has 0 aromatic heterocycles. The Balaban J connectivity index is 1.63. The highest BCUT2D eigenvalue weighted by atomic mass is 79.9. The second-order valence-corrected chi connectivity index (χ2v) is 12.8. The number of amides is 4. The summed E-state index contributed by atoms with van der Waals surface area (Å²) >= 11 is 17.2. The van der Waals surface area contributed by atoms with Gasteiger partial charge in [0.25, 0.3) is 11.8 Å². The normalized spacial score (nSPS) is 32.3. The molecule has 15 heteroatoms. The average Bonchev–Trinajstić information content (AvgIpc) is 3.26. The number of imide groups is 2. The first-order chi connectivity index (χ1) is 19.6. The largest absolute Gasteiger partial charge is 0.508 e. The molecule has 4 amide bonds. The first-order valence-electron chi connectivity index (χ1n) is 12.4. The highest BCUT2D eigenvalue weighted by molar-refractivity contribution is 9.10. The molecule has 2 heterocycles. The maximum atomic E-state index is 15.0. The van der Waals surface area contributed by atoms with Crippen LogP contribution in [0, 0.1) is 46.8 Å². The number of carbonyl (C=O) groups excluding carboxylic acids is 4. The van der Waals surface area contributed by atoms with Gasteiger partial charge in [-0.2, -0.15) is 0 Å². The number of rotatable bonds is 2. The van der Waals surface area contributed by atoms with Gasteiger partial charge in [-0.3, -0.25) is 24.1 Å². The van der Waals surface area contributed by atoms with Gasteiger partial charge < -0.3 is 5.11 Å². The van der Waals surface area contributed by atoms with Crippen molar-refractivity contribution >= 4 is 68.4 Å². The predicted octanol–water partition coefficient (Wildman–Crippen LogP) is 5.04. The molecule has 220 valence electrons. The molecular formula is C27H16BrCl2F5N2O5. The van der Waals surface area contributed by atoms with Gasteiger partial charge in [0, 0.05) is 23.0 Å². The van der Waals surface area contributed by atoms with Crippen LogP contribution in [0.2, 0.25) is 0 Å². The van der Waals surface area contributed by atoms with Gasteiger partial charge in [-0.1, -0.05) is 27.6 Å². The van der Waals surface area contributed by atoms with Crippen LogP contribution in [0.5, 0.6) is 5.75 Å². The number of likely N-dealkylation sites (tertiary alicyclic amines) is 1. The van der Waals surface area contributed by atoms with Crippen LogP contribution in [0.4, 0.5) is 27.6 Å². The summed E-state index contributed by atoms with van der Waals surface area (Å²) in [5, 5.41) is 10.9. The fraction of sp³-hybridized carbons (Fsp3) is 0.333. The molecule has 2 aromatic rings. The Labute approximate surface area is 252 Å². The summed E-state index contributed by atoms with van der Waals surface area (Å²) in [5.74, 6) is -21.5. The maximum Gasteiger partial charge on any atom is 0.258 e. The minimum absolute atomic E-state index is 0.0163. The Bertz CT molecular complexity index is 1680. The van der Waals surface area contributed by atoms with Gasteiger partial charge in [0.05, 0.1) is 11.8 Å². The van der Waals surface area contributed by atoms with E-state index in [4.69, 9.17) is 23.2 Å². The van der Waals surface area contributed by atoms with Gasteiger partial charge in [0.2, 0.25) is 17.6 Å². The number of aromatic hydroxyl groups is 1. The first kappa shape index (κ1) is 29.1. The molecule has 0 spiro atoms. The van der Waals surface area contributed by atoms with Crippen LogP contribution < -0.4 is 4.90 Å². The van der Waals surface area contributed by atoms with E-state index in [1.807, 2.05) is 0 Å². The van der Waals surface area contributed by atoms with Crippen molar-refractivity contribution in [3.63, 3.8) is 0 Å². The number of phenols is 1. The zero-order valence-corrected chi connectivity index (χ0v) is 24.1. The quantitative estimate of drug-likeness (QED) is 0.119. The van der Waals surface area contributed by atoms with Crippen molar-refractivity contribution in [2.45, 2.75) is 28.5 Å². The van der Waals surface area contributed by atoms with E-state index < -0.39 is 104 Å². The number of halogens is 8. The molecule has 0 radical (unpaired) electrons. The van der Waals surface area contributed by atoms with E-state index in [0.29, 0.717) is 4.47 Å². The molecule has 1 N–H and O–H groups in total. The molecule has 0 bridgehead atoms. The van der Waals surface area contributed by atoms with Crippen molar-refractivity contribution in [1.29, 1.82) is 0 Å². The molecule has 1 saturated carbocycles. The number of fused-ring (bicyclic) bond motifs is 4. The lowest BCUT2D eigenvalue weighted by molar-refractivity contribution is -0.138. The average molecular weight is 694 g/mol. The van der Waals surface area contributed by atoms with Crippen molar-refractivity contribution in [3.05, 3.63) is 69.0 Å². The van der Waals surface area contributed by atoms with Gasteiger partial charge in [-0.15, -0.1) is 23.2 Å². The fourth-order valence-electron chi connectivity index (χ4n) is 6.83. The second kappa shape index (κ2) is 9.23. The standard InChI is InChI=1S/C27H16BrCl2F5N2O5/c1-36-22(39)10-4-3-9-12(14(10)23(36)40)7-26(29)24(41)37(21-19(34)17(32)16(31)18(33)20(21)35)25(42)27(26,30)15(9)11-6-8(28)2-5-13(11)38/h2-3,5-6,10,12,14-15,38H,4,7H2,1H3. The van der Waals surface area contributed by atoms with Gasteiger partial charge in [-0.25, -0.2) is 26.9 Å². The summed E-state index contributed by atoms with van der Waals surface area (Å²) in [6.07, 6.45) is 0.947. The van der Waals surface area contributed by atoms with Crippen LogP contribution in [0.25, 0.3) is 0 Å². The summed E-state index contributed by atoms with van der Waals surface area (Å²) in [4.78, 5) is 49.4. The maximum absolute atomic E-state index is 15.0. The van der Waals surface area contributed by atoms with Crippen molar-refractivity contribution in [1.82, 2.24) is 4.90 Å². The molecule has 7 nitrogen and oxygen atoms in total. The van der Waals surface area contributed by atoms with E-state index in [1.54, 1.807) is 6.08 Å². The zero-order chi connectivity index (χ0) is 30.8. The molecule has 6 unspecified atom stereocenters. The van der Waals surface area contributed by atoms with Crippen molar-refractivity contribution in [3.8, 4) is 5.75 Å². The van der Waals surface area contributed by atoms with Crippen molar-refractivity contribution < 1.29 is 46.2 Å². The monoisotopic (exact) mass is 692 g/mol. The SMILES string of the molecule is CN1C(=O)C2CC=C3C(CC4(Cl)C(=O)N(c5c(F)c(F)c(F)c(F)c5F)C(=O)C4(Cl)C3c3cc(Br)ccc3O)C2C1=O. The lowest BCUT2D eigenvalue weighted by Gasteiger charge is -2.50. The molecule has 2 aromatic carbocycles. The summed E-state index contributed by atoms with van der Waals surface area (Å²) in [6, 6.07) is 4.02. The van der Waals surface area contributed by atoms with Crippen LogP contribution in [0.3, 0.4) is 0 Å². The van der Waals surface area contributed by atoms with E-state index in [2.05, 4.69) is 15.9 Å². The van der Waals surface area contributed by atoms with E-state index in [9.17, 15) is 46.2 Å². The number of hydrogen-bond donors (Lipinski definition) is 1. The number of alkyl halides is 2. The molecule has 2 saturated heterocycles. The zero-order valence-electron chi connectivity index (χ0n) is 21.0. The third kappa shape index (κ3) is 3.38. The van der Waals surface area contributed by atoms with E-state index in [-0.39, 0.29) is 22.5 Å². The highest BCUT2D eigenvalue weighted by Crippen LogP contribution is 2.66. The number of benzene rings is 2. The molecule has 6 atom stereocenters. The Morgan fingerprint density at radius 1 is 0.905 bits per heavy atom. The van der Waals surface area contributed by atoms with Gasteiger partial charge in [0.1, 0.15) is 11.4 Å². The number of phenolic OH excluding ortho intramolecular Hbond substituents is 1. The molecule has 2 aliphatic carbocycles. The van der Waals surface area contributed by atoms with Crippen LogP contribution in [0.1, 0.15) is 24.3 Å². The van der Waals surface area contributed by atoms with Gasteiger partial charge >= 0.3 is 0 Å². The summed E-state index contributed by atoms with van der Waals surface area (Å²) < 4.78 is 72.6. The Hall–Kier alpha value is -3.03. The van der Waals surface area contributed by atoms with E-state index >= 15 is 0 Å². The van der Waals surface area contributed by atoms with Gasteiger partial charge in [0.15, 0.2) is 33.0 Å². The number of allylic oxidation sites excluding steroid dienone is 2. The molecule has 42 heavy (non-hydrogen) atoms. The summed E-state index contributed by atoms with van der Waals surface area (Å²) in [5.41, 5.74) is -1.70. The Morgan fingerprint density at radius 2 is 1.50 bits per heavy atom. The molecule has 3 fully saturated rings. The third-order valence-electron chi connectivity index (χ3n) is 8.74. The summed E-state index contributed by atoms with van der Waals surface area (Å²) in [6.45, 7) is 0. The number of nitrogens with zero attached hydrogens (tertiary/aromatic N) is 2. The predicted molar refractivity (Wildman–Crippen MR) is 140 cm³/mol. The number of hydrogen-bond acceptors (Lipinski definition) is 5. The lowest BCUT2D eigenvalue weighted by atomic mass is 9.56. The fourth-order valence-corrected chi connectivity index (χ4v) is 8.13. The third-order valence-corrected chi connectivity index (χ3v) is 10.6. The minimum atomic E-state index is -2.70. The summed E-state index contributed by atoms with van der Waals surface area (Å²) in [7, 11) is 1.28. The second-order valence-electron chi connectivity index (χ2n) is 10.6. The van der Waals surface area contributed by atoms with Crippen LogP contribution in [0.15, 0.2) is 34.3 Å². The number of carbonyl (C=O) groups is 4. The Morgan fingerprint density at radius 3 is 2.12 bits per heavy atom. The molecule has 2 aliphatic heterocycles. The van der Waals surface area contributed by atoms with Crippen molar-refractivity contribution in [2.24, 2.45) is 17.8 Å². The minimum Gasteiger partial charge on any atom is -0.508 e. The topological polar surface area (TPSA) is 95.0 Å². The highest BCUT2D eigenvalue weighted by Gasteiger charge is 2.77.